The van der Waals surface area contributed by atoms with Gasteiger partial charge in [-0.3, -0.25) is 0 Å². The molecule has 0 unspecified atom stereocenters. The van der Waals surface area contributed by atoms with Gasteiger partial charge in [-0.25, -0.2) is 0 Å². The van der Waals surface area contributed by atoms with Crippen LogP contribution in [0.2, 0.25) is 0 Å². The molecule has 2 N–H and O–H groups in total. The van der Waals surface area contributed by atoms with Crippen LogP contribution in [0.3, 0.4) is 0 Å². The van der Waals surface area contributed by atoms with Gasteiger partial charge >= 0.3 is 0 Å². The molecule has 0 aromatic heterocycles. The maximum atomic E-state index is 5.75. The molecule has 12 heavy (non-hydrogen) atoms. The third kappa shape index (κ3) is 0.834. The third-order valence-electron chi connectivity index (χ3n) is 4.47. The van der Waals surface area contributed by atoms with Gasteiger partial charge in [-0.2, -0.15) is 0 Å². The zero-order valence-corrected chi connectivity index (χ0v) is 8.40. The van der Waals surface area contributed by atoms with Gasteiger partial charge in [0, 0.05) is 0 Å². The Bertz CT molecular complexity index is 162. The molecule has 0 aromatic rings. The van der Waals surface area contributed by atoms with E-state index in [4.69, 9.17) is 5.73 Å². The minimum absolute atomic E-state index is 0.628. The summed E-state index contributed by atoms with van der Waals surface area (Å²) in [6.45, 7) is 5.61. The van der Waals surface area contributed by atoms with Crippen LogP contribution in [0.5, 0.6) is 0 Å². The van der Waals surface area contributed by atoms with Gasteiger partial charge in [0.1, 0.15) is 0 Å². The minimum atomic E-state index is 0.628. The molecule has 0 saturated heterocycles. The molecule has 0 aromatic carbocycles. The van der Waals surface area contributed by atoms with Gasteiger partial charge in [-0.05, 0) is 42.6 Å². The van der Waals surface area contributed by atoms with Crippen molar-refractivity contribution in [3.63, 3.8) is 0 Å². The van der Waals surface area contributed by atoms with Crippen LogP contribution in [0.15, 0.2) is 0 Å². The molecular weight excluding hydrogens is 146 g/mol. The molecule has 0 heterocycles. The van der Waals surface area contributed by atoms with Crippen molar-refractivity contribution in [3.8, 4) is 0 Å². The highest BCUT2D eigenvalue weighted by atomic mass is 14.8. The lowest BCUT2D eigenvalue weighted by Gasteiger charge is -2.73. The van der Waals surface area contributed by atoms with Gasteiger partial charge in [-0.15, -0.1) is 0 Å². The quantitative estimate of drug-likeness (QED) is 0.684. The van der Waals surface area contributed by atoms with Crippen molar-refractivity contribution in [2.75, 3.05) is 6.54 Å². The van der Waals surface area contributed by atoms with Crippen molar-refractivity contribution in [2.24, 2.45) is 22.5 Å². The van der Waals surface area contributed by atoms with Crippen LogP contribution in [-0.2, 0) is 0 Å². The van der Waals surface area contributed by atoms with Crippen LogP contribution < -0.4 is 5.73 Å². The van der Waals surface area contributed by atoms with Gasteiger partial charge in [-0.1, -0.05) is 26.7 Å². The summed E-state index contributed by atoms with van der Waals surface area (Å²) in [7, 11) is 0. The number of rotatable bonds is 4. The lowest BCUT2D eigenvalue weighted by atomic mass is 9.31. The van der Waals surface area contributed by atoms with Crippen LogP contribution in [0.4, 0.5) is 0 Å². The number of hydrogen-bond donors (Lipinski definition) is 1. The molecule has 0 radical (unpaired) electrons. The largest absolute Gasteiger partial charge is 0.330 e. The fourth-order valence-electron chi connectivity index (χ4n) is 3.89. The predicted octanol–water partition coefficient (Wildman–Crippen LogP) is 2.55. The van der Waals surface area contributed by atoms with Gasteiger partial charge in [0.2, 0.25) is 0 Å². The van der Waals surface area contributed by atoms with Crippen LogP contribution in [0, 0.1) is 16.7 Å². The van der Waals surface area contributed by atoms with E-state index in [1.54, 1.807) is 0 Å². The van der Waals surface area contributed by atoms with Crippen molar-refractivity contribution in [1.29, 1.82) is 0 Å². The average molecular weight is 167 g/mol. The Balaban J connectivity index is 1.93. The monoisotopic (exact) mass is 167 g/mol. The van der Waals surface area contributed by atoms with E-state index in [-0.39, 0.29) is 0 Å². The Kier molecular flexibility index (Phi) is 1.76. The number of hydrogen-bond acceptors (Lipinski definition) is 1. The lowest BCUT2D eigenvalue weighted by Crippen LogP contribution is -2.67. The Morgan fingerprint density at radius 1 is 1.17 bits per heavy atom. The maximum absolute atomic E-state index is 5.75. The molecule has 3 aliphatic carbocycles. The summed E-state index contributed by atoms with van der Waals surface area (Å²) in [5.74, 6) is 0.992. The Morgan fingerprint density at radius 3 is 2.00 bits per heavy atom. The second kappa shape index (κ2) is 2.47. The average Bonchev–Trinajstić information content (AvgIpc) is 1.93. The zero-order valence-electron chi connectivity index (χ0n) is 8.40. The van der Waals surface area contributed by atoms with Crippen LogP contribution in [0.25, 0.3) is 0 Å². The Hall–Kier alpha value is -0.0400. The fourth-order valence-corrected chi connectivity index (χ4v) is 3.89. The SMILES string of the molecule is CCC(CC)C12CC(CN)(C1)C2. The molecule has 3 fully saturated rings. The lowest BCUT2D eigenvalue weighted by molar-refractivity contribution is -0.230. The van der Waals surface area contributed by atoms with E-state index in [1.165, 1.54) is 32.1 Å². The Morgan fingerprint density at radius 2 is 1.67 bits per heavy atom. The summed E-state index contributed by atoms with van der Waals surface area (Å²) in [6.07, 6.45) is 7.09. The first-order chi connectivity index (χ1) is 5.70. The summed E-state index contributed by atoms with van der Waals surface area (Å²) in [6, 6.07) is 0. The summed E-state index contributed by atoms with van der Waals surface area (Å²) < 4.78 is 0. The molecule has 0 spiro atoms. The number of nitrogens with two attached hydrogens (primary N) is 1. The van der Waals surface area contributed by atoms with E-state index < -0.39 is 0 Å². The minimum Gasteiger partial charge on any atom is -0.330 e. The van der Waals surface area contributed by atoms with E-state index in [1.807, 2.05) is 0 Å². The highest BCUT2D eigenvalue weighted by Crippen LogP contribution is 2.76. The van der Waals surface area contributed by atoms with Gasteiger partial charge in [0.05, 0.1) is 0 Å². The molecule has 3 rings (SSSR count). The second-order valence-electron chi connectivity index (χ2n) is 5.11. The molecule has 1 heteroatoms. The van der Waals surface area contributed by atoms with Gasteiger partial charge in [0.25, 0.3) is 0 Å². The van der Waals surface area contributed by atoms with E-state index in [9.17, 15) is 0 Å². The maximum Gasteiger partial charge on any atom is -0.00199 e. The normalized spacial score (nSPS) is 44.0. The first-order valence-corrected chi connectivity index (χ1v) is 5.40. The van der Waals surface area contributed by atoms with E-state index in [0.717, 1.165) is 17.9 Å². The molecule has 70 valence electrons. The predicted molar refractivity (Wildman–Crippen MR) is 51.8 cm³/mol. The summed E-state index contributed by atoms with van der Waals surface area (Å²) in [4.78, 5) is 0. The van der Waals surface area contributed by atoms with Crippen molar-refractivity contribution in [2.45, 2.75) is 46.0 Å². The summed E-state index contributed by atoms with van der Waals surface area (Å²) in [5.41, 5.74) is 7.14. The van der Waals surface area contributed by atoms with Crippen LogP contribution in [-0.4, -0.2) is 6.54 Å². The molecule has 0 amide bonds. The molecule has 0 aliphatic heterocycles. The van der Waals surface area contributed by atoms with E-state index >= 15 is 0 Å². The second-order valence-corrected chi connectivity index (χ2v) is 5.11. The van der Waals surface area contributed by atoms with Crippen molar-refractivity contribution in [3.05, 3.63) is 0 Å². The van der Waals surface area contributed by atoms with E-state index in [0.29, 0.717) is 5.41 Å². The highest BCUT2D eigenvalue weighted by molar-refractivity contribution is 5.19. The first kappa shape index (κ1) is 8.55. The molecule has 3 aliphatic rings. The van der Waals surface area contributed by atoms with Crippen molar-refractivity contribution < 1.29 is 0 Å². The fraction of sp³-hybridized carbons (Fsp3) is 1.00. The summed E-state index contributed by atoms with van der Waals surface area (Å²) >= 11 is 0. The summed E-state index contributed by atoms with van der Waals surface area (Å²) in [5, 5.41) is 0. The standard InChI is InChI=1S/C11H21N/c1-3-9(4-2)11-5-10(6-11,7-11)8-12/h9H,3-8,12H2,1-2H3. The molecule has 1 nitrogen and oxygen atoms in total. The zero-order chi connectivity index (χ0) is 8.82. The molecule has 3 saturated carbocycles. The highest BCUT2D eigenvalue weighted by Gasteiger charge is 2.68. The first-order valence-electron chi connectivity index (χ1n) is 5.40. The van der Waals surface area contributed by atoms with Crippen LogP contribution >= 0.6 is 0 Å². The van der Waals surface area contributed by atoms with Crippen molar-refractivity contribution in [1.82, 2.24) is 0 Å². The van der Waals surface area contributed by atoms with Gasteiger partial charge < -0.3 is 5.73 Å². The third-order valence-corrected chi connectivity index (χ3v) is 4.47. The van der Waals surface area contributed by atoms with Crippen LogP contribution in [0.1, 0.15) is 46.0 Å². The Labute approximate surface area is 75.7 Å². The van der Waals surface area contributed by atoms with Gasteiger partial charge in [0.15, 0.2) is 0 Å². The topological polar surface area (TPSA) is 26.0 Å². The molecule has 2 bridgehead atoms. The van der Waals surface area contributed by atoms with Crippen molar-refractivity contribution >= 4 is 0 Å². The van der Waals surface area contributed by atoms with E-state index in [2.05, 4.69) is 13.8 Å². The molecular formula is C11H21N. The smallest absolute Gasteiger partial charge is 0.00199 e. The molecule has 0 atom stereocenters.